The molecule has 3 rings (SSSR count). The van der Waals surface area contributed by atoms with Crippen LogP contribution in [0.2, 0.25) is 0 Å². The van der Waals surface area contributed by atoms with Gasteiger partial charge in [0.15, 0.2) is 5.82 Å². The van der Waals surface area contributed by atoms with E-state index in [1.165, 1.54) is 17.0 Å². The lowest BCUT2D eigenvalue weighted by molar-refractivity contribution is 0.199. The molecule has 0 fully saturated rings. The number of fused-ring (bicyclic) bond motifs is 1. The average Bonchev–Trinajstić information content (AvgIpc) is 3.20. The van der Waals surface area contributed by atoms with Crippen molar-refractivity contribution in [2.24, 2.45) is 5.92 Å². The minimum atomic E-state index is -0.418. The molecule has 0 radical (unpaired) electrons. The third kappa shape index (κ3) is 4.60. The van der Waals surface area contributed by atoms with Gasteiger partial charge in [-0.25, -0.2) is 14.2 Å². The molecule has 27 heavy (non-hydrogen) atoms. The number of aromatic amines is 1. The second-order valence-corrected chi connectivity index (χ2v) is 7.02. The SMILES string of the molecule is CC(C)Cc1noc([C@H](C)NC(=O)N(C)Cc2nc3ccc(F)cc3[nH]2)n1. The first-order valence-electron chi connectivity index (χ1n) is 8.80. The topological polar surface area (TPSA) is 99.9 Å². The Labute approximate surface area is 156 Å². The van der Waals surface area contributed by atoms with Gasteiger partial charge in [-0.05, 0) is 31.0 Å². The summed E-state index contributed by atoms with van der Waals surface area (Å²) in [7, 11) is 1.65. The third-order valence-corrected chi connectivity index (χ3v) is 4.01. The van der Waals surface area contributed by atoms with E-state index in [4.69, 9.17) is 4.52 Å². The van der Waals surface area contributed by atoms with Crippen molar-refractivity contribution in [3.05, 3.63) is 41.6 Å². The van der Waals surface area contributed by atoms with E-state index < -0.39 is 6.04 Å². The fourth-order valence-corrected chi connectivity index (χ4v) is 2.65. The maximum absolute atomic E-state index is 13.3. The molecule has 0 aliphatic carbocycles. The molecule has 2 heterocycles. The molecule has 0 saturated carbocycles. The Morgan fingerprint density at radius 1 is 1.33 bits per heavy atom. The van der Waals surface area contributed by atoms with Gasteiger partial charge in [0.25, 0.3) is 0 Å². The molecule has 1 atom stereocenters. The standard InChI is InChI=1S/C18H23FN6O2/c1-10(2)7-15-23-17(27-24-15)11(3)20-18(26)25(4)9-16-21-13-6-5-12(19)8-14(13)22-16/h5-6,8,10-11H,7,9H2,1-4H3,(H,20,26)(H,21,22)/t11-/m0/s1. The summed E-state index contributed by atoms with van der Waals surface area (Å²) in [5.74, 6) is 1.64. The van der Waals surface area contributed by atoms with Gasteiger partial charge in [0.1, 0.15) is 17.7 Å². The Kier molecular flexibility index (Phi) is 5.38. The second-order valence-electron chi connectivity index (χ2n) is 7.02. The van der Waals surface area contributed by atoms with Crippen LogP contribution in [0.15, 0.2) is 22.7 Å². The third-order valence-electron chi connectivity index (χ3n) is 4.01. The van der Waals surface area contributed by atoms with Crippen molar-refractivity contribution in [2.45, 2.75) is 39.8 Å². The highest BCUT2D eigenvalue weighted by atomic mass is 19.1. The average molecular weight is 374 g/mol. The molecule has 0 aliphatic heterocycles. The summed E-state index contributed by atoms with van der Waals surface area (Å²) < 4.78 is 18.5. The first-order valence-corrected chi connectivity index (χ1v) is 8.80. The number of benzene rings is 1. The Hall–Kier alpha value is -2.97. The number of nitrogens with zero attached hydrogens (tertiary/aromatic N) is 4. The fourth-order valence-electron chi connectivity index (χ4n) is 2.65. The van der Waals surface area contributed by atoms with E-state index in [9.17, 15) is 9.18 Å². The molecule has 8 nitrogen and oxygen atoms in total. The van der Waals surface area contributed by atoms with Gasteiger partial charge in [-0.3, -0.25) is 0 Å². The maximum atomic E-state index is 13.3. The summed E-state index contributed by atoms with van der Waals surface area (Å²) in [6, 6.07) is 3.59. The van der Waals surface area contributed by atoms with Crippen LogP contribution in [0.4, 0.5) is 9.18 Å². The summed E-state index contributed by atoms with van der Waals surface area (Å²) in [5.41, 5.74) is 1.24. The predicted molar refractivity (Wildman–Crippen MR) is 97.3 cm³/mol. The van der Waals surface area contributed by atoms with Gasteiger partial charge < -0.3 is 19.7 Å². The molecule has 2 N–H and O–H groups in total. The Morgan fingerprint density at radius 2 is 2.11 bits per heavy atom. The van der Waals surface area contributed by atoms with Gasteiger partial charge in [-0.1, -0.05) is 19.0 Å². The Morgan fingerprint density at radius 3 is 2.85 bits per heavy atom. The molecule has 0 bridgehead atoms. The van der Waals surface area contributed by atoms with E-state index in [0.717, 1.165) is 6.42 Å². The lowest BCUT2D eigenvalue weighted by Gasteiger charge is -2.18. The monoisotopic (exact) mass is 374 g/mol. The number of urea groups is 1. The minimum Gasteiger partial charge on any atom is -0.340 e. The van der Waals surface area contributed by atoms with Gasteiger partial charge in [-0.15, -0.1) is 0 Å². The van der Waals surface area contributed by atoms with Crippen molar-refractivity contribution in [1.82, 2.24) is 30.3 Å². The zero-order chi connectivity index (χ0) is 19.6. The van der Waals surface area contributed by atoms with E-state index in [0.29, 0.717) is 34.5 Å². The van der Waals surface area contributed by atoms with E-state index in [1.807, 2.05) is 0 Å². The van der Waals surface area contributed by atoms with Gasteiger partial charge in [0.2, 0.25) is 5.89 Å². The first-order chi connectivity index (χ1) is 12.8. The number of rotatable bonds is 6. The van der Waals surface area contributed by atoms with E-state index in [-0.39, 0.29) is 18.4 Å². The Balaban J connectivity index is 1.60. The molecule has 1 aromatic carbocycles. The number of hydrogen-bond donors (Lipinski definition) is 2. The summed E-state index contributed by atoms with van der Waals surface area (Å²) in [4.78, 5) is 25.6. The number of carbonyl (C=O) groups excluding carboxylic acids is 1. The number of aromatic nitrogens is 4. The summed E-state index contributed by atoms with van der Waals surface area (Å²) in [6.07, 6.45) is 0.719. The van der Waals surface area contributed by atoms with Gasteiger partial charge in [0.05, 0.1) is 17.6 Å². The molecular formula is C18H23FN6O2. The van der Waals surface area contributed by atoms with Crippen molar-refractivity contribution in [2.75, 3.05) is 7.05 Å². The number of hydrogen-bond acceptors (Lipinski definition) is 5. The fraction of sp³-hybridized carbons (Fsp3) is 0.444. The molecule has 3 aromatic rings. The van der Waals surface area contributed by atoms with Crippen LogP contribution in [0, 0.1) is 11.7 Å². The lowest BCUT2D eigenvalue weighted by Crippen LogP contribution is -2.38. The van der Waals surface area contributed by atoms with Crippen LogP contribution in [-0.4, -0.2) is 38.1 Å². The zero-order valence-corrected chi connectivity index (χ0v) is 15.8. The Bertz CT molecular complexity index is 935. The molecule has 0 aliphatic rings. The van der Waals surface area contributed by atoms with Gasteiger partial charge >= 0.3 is 6.03 Å². The molecule has 2 aromatic heterocycles. The molecule has 2 amide bonds. The molecular weight excluding hydrogens is 351 g/mol. The zero-order valence-electron chi connectivity index (χ0n) is 15.8. The van der Waals surface area contributed by atoms with Crippen molar-refractivity contribution in [3.63, 3.8) is 0 Å². The van der Waals surface area contributed by atoms with Crippen LogP contribution in [-0.2, 0) is 13.0 Å². The van der Waals surface area contributed by atoms with Gasteiger partial charge in [0, 0.05) is 13.5 Å². The highest BCUT2D eigenvalue weighted by molar-refractivity contribution is 5.76. The minimum absolute atomic E-state index is 0.247. The van der Waals surface area contributed by atoms with Crippen LogP contribution in [0.25, 0.3) is 11.0 Å². The van der Waals surface area contributed by atoms with E-state index in [1.54, 1.807) is 20.0 Å². The van der Waals surface area contributed by atoms with Crippen LogP contribution in [0.3, 0.4) is 0 Å². The van der Waals surface area contributed by atoms with Crippen molar-refractivity contribution < 1.29 is 13.7 Å². The molecule has 0 unspecified atom stereocenters. The summed E-state index contributed by atoms with van der Waals surface area (Å²) in [6.45, 7) is 6.17. The predicted octanol–water partition coefficient (Wildman–Crippen LogP) is 3.19. The molecule has 0 saturated heterocycles. The van der Waals surface area contributed by atoms with Gasteiger partial charge in [-0.2, -0.15) is 4.98 Å². The van der Waals surface area contributed by atoms with Crippen LogP contribution >= 0.6 is 0 Å². The maximum Gasteiger partial charge on any atom is 0.318 e. The van der Waals surface area contributed by atoms with Crippen LogP contribution < -0.4 is 5.32 Å². The van der Waals surface area contributed by atoms with E-state index in [2.05, 4.69) is 39.3 Å². The lowest BCUT2D eigenvalue weighted by atomic mass is 10.1. The van der Waals surface area contributed by atoms with E-state index >= 15 is 0 Å². The normalized spacial score (nSPS) is 12.5. The summed E-state index contributed by atoms with van der Waals surface area (Å²) >= 11 is 0. The molecule has 0 spiro atoms. The molecule has 144 valence electrons. The molecule has 9 heteroatoms. The number of halogens is 1. The number of H-pyrrole nitrogens is 1. The second kappa shape index (κ2) is 7.73. The number of amides is 2. The number of nitrogens with one attached hydrogen (secondary N) is 2. The first kappa shape index (κ1) is 18.8. The van der Waals surface area contributed by atoms with Crippen LogP contribution in [0.5, 0.6) is 0 Å². The van der Waals surface area contributed by atoms with Crippen molar-refractivity contribution in [3.8, 4) is 0 Å². The van der Waals surface area contributed by atoms with Crippen LogP contribution in [0.1, 0.15) is 44.4 Å². The smallest absolute Gasteiger partial charge is 0.318 e. The largest absolute Gasteiger partial charge is 0.340 e. The highest BCUT2D eigenvalue weighted by Crippen LogP contribution is 2.15. The van der Waals surface area contributed by atoms with Crippen molar-refractivity contribution in [1.29, 1.82) is 0 Å². The summed E-state index contributed by atoms with van der Waals surface area (Å²) in [5, 5.41) is 6.75. The quantitative estimate of drug-likeness (QED) is 0.690. The van der Waals surface area contributed by atoms with Crippen molar-refractivity contribution >= 4 is 17.1 Å². The number of imidazole rings is 1. The highest BCUT2D eigenvalue weighted by Gasteiger charge is 2.19. The number of carbonyl (C=O) groups is 1.